The molecular weight excluding hydrogens is 318 g/mol. The molecule has 7 heteroatoms. The molecule has 0 heterocycles. The Morgan fingerprint density at radius 1 is 1.30 bits per heavy atom. The van der Waals surface area contributed by atoms with E-state index in [4.69, 9.17) is 10.5 Å². The van der Waals surface area contributed by atoms with Crippen molar-refractivity contribution in [3.05, 3.63) is 29.8 Å². The van der Waals surface area contributed by atoms with E-state index in [9.17, 15) is 9.59 Å². The summed E-state index contributed by atoms with van der Waals surface area (Å²) in [6, 6.07) is 6.90. The van der Waals surface area contributed by atoms with E-state index in [0.29, 0.717) is 6.54 Å². The summed E-state index contributed by atoms with van der Waals surface area (Å²) in [6.45, 7) is 4.07. The van der Waals surface area contributed by atoms with E-state index in [1.54, 1.807) is 19.1 Å². The predicted molar refractivity (Wildman–Crippen MR) is 92.5 cm³/mol. The molecule has 0 saturated carbocycles. The Morgan fingerprint density at radius 3 is 2.48 bits per heavy atom. The lowest BCUT2D eigenvalue weighted by Gasteiger charge is -2.20. The monoisotopic (exact) mass is 343 g/mol. The first-order chi connectivity index (χ1) is 10.4. The van der Waals surface area contributed by atoms with Gasteiger partial charge in [-0.25, -0.2) is 0 Å². The van der Waals surface area contributed by atoms with Crippen LogP contribution < -0.4 is 15.8 Å². The SMILES string of the molecule is COc1ccccc1CN(C)C(=O)CNC(=O)[C@@H](N)C(C)C.Cl. The van der Waals surface area contributed by atoms with E-state index in [1.165, 1.54) is 0 Å². The third-order valence-corrected chi connectivity index (χ3v) is 3.46. The van der Waals surface area contributed by atoms with Crippen molar-refractivity contribution in [2.24, 2.45) is 11.7 Å². The van der Waals surface area contributed by atoms with Crippen LogP contribution in [-0.2, 0) is 16.1 Å². The van der Waals surface area contributed by atoms with Gasteiger partial charge in [0.1, 0.15) is 5.75 Å². The van der Waals surface area contributed by atoms with Crippen LogP contribution in [0.3, 0.4) is 0 Å². The van der Waals surface area contributed by atoms with E-state index < -0.39 is 6.04 Å². The third kappa shape index (κ3) is 6.46. The molecule has 130 valence electrons. The zero-order valence-electron chi connectivity index (χ0n) is 14.0. The highest BCUT2D eigenvalue weighted by Crippen LogP contribution is 2.18. The molecule has 0 bridgehead atoms. The molecule has 0 aliphatic carbocycles. The van der Waals surface area contributed by atoms with Crippen LogP contribution in [0.25, 0.3) is 0 Å². The number of rotatable bonds is 7. The zero-order valence-corrected chi connectivity index (χ0v) is 14.9. The highest BCUT2D eigenvalue weighted by Gasteiger charge is 2.19. The lowest BCUT2D eigenvalue weighted by atomic mass is 10.1. The highest BCUT2D eigenvalue weighted by atomic mass is 35.5. The van der Waals surface area contributed by atoms with Crippen LogP contribution in [0.1, 0.15) is 19.4 Å². The van der Waals surface area contributed by atoms with Crippen LogP contribution >= 0.6 is 12.4 Å². The number of halogens is 1. The summed E-state index contributed by atoms with van der Waals surface area (Å²) in [7, 11) is 3.28. The van der Waals surface area contributed by atoms with Gasteiger partial charge in [0.05, 0.1) is 19.7 Å². The van der Waals surface area contributed by atoms with Crippen LogP contribution in [-0.4, -0.2) is 43.5 Å². The normalized spacial score (nSPS) is 11.4. The number of nitrogens with zero attached hydrogens (tertiary/aromatic N) is 1. The molecule has 0 radical (unpaired) electrons. The van der Waals surface area contributed by atoms with Crippen LogP contribution in [0.5, 0.6) is 5.75 Å². The van der Waals surface area contributed by atoms with Gasteiger partial charge in [-0.2, -0.15) is 0 Å². The number of hydrogen-bond acceptors (Lipinski definition) is 4. The number of amides is 2. The fourth-order valence-electron chi connectivity index (χ4n) is 1.90. The number of benzene rings is 1. The number of ether oxygens (including phenoxy) is 1. The molecule has 0 aromatic heterocycles. The summed E-state index contributed by atoms with van der Waals surface area (Å²) < 4.78 is 5.26. The van der Waals surface area contributed by atoms with Crippen molar-refractivity contribution in [1.82, 2.24) is 10.2 Å². The first kappa shape index (κ1) is 21.2. The number of carbonyl (C=O) groups excluding carboxylic acids is 2. The zero-order chi connectivity index (χ0) is 16.7. The summed E-state index contributed by atoms with van der Waals surface area (Å²) >= 11 is 0. The highest BCUT2D eigenvalue weighted by molar-refractivity contribution is 5.87. The van der Waals surface area contributed by atoms with Crippen LogP contribution in [0, 0.1) is 5.92 Å². The smallest absolute Gasteiger partial charge is 0.242 e. The molecule has 0 spiro atoms. The van der Waals surface area contributed by atoms with Gasteiger partial charge < -0.3 is 20.7 Å². The van der Waals surface area contributed by atoms with E-state index in [0.717, 1.165) is 11.3 Å². The topological polar surface area (TPSA) is 84.7 Å². The van der Waals surface area contributed by atoms with Crippen molar-refractivity contribution in [3.63, 3.8) is 0 Å². The lowest BCUT2D eigenvalue weighted by Crippen LogP contribution is -2.47. The summed E-state index contributed by atoms with van der Waals surface area (Å²) in [4.78, 5) is 25.4. The molecule has 3 N–H and O–H groups in total. The molecule has 23 heavy (non-hydrogen) atoms. The van der Waals surface area contributed by atoms with Gasteiger partial charge in [-0.3, -0.25) is 9.59 Å². The quantitative estimate of drug-likeness (QED) is 0.778. The van der Waals surface area contributed by atoms with E-state index in [2.05, 4.69) is 5.32 Å². The number of nitrogens with two attached hydrogens (primary N) is 1. The Bertz CT molecular complexity index is 523. The van der Waals surface area contributed by atoms with Crippen molar-refractivity contribution >= 4 is 24.2 Å². The average molecular weight is 344 g/mol. The summed E-state index contributed by atoms with van der Waals surface area (Å²) in [5.74, 6) is 0.263. The molecule has 0 aliphatic heterocycles. The van der Waals surface area contributed by atoms with Gasteiger partial charge in [-0.15, -0.1) is 12.4 Å². The van der Waals surface area contributed by atoms with Gasteiger partial charge in [0.25, 0.3) is 0 Å². The molecule has 1 atom stereocenters. The summed E-state index contributed by atoms with van der Waals surface area (Å²) in [5, 5.41) is 2.57. The minimum atomic E-state index is -0.604. The number of para-hydroxylation sites is 1. The molecule has 1 aromatic carbocycles. The van der Waals surface area contributed by atoms with Gasteiger partial charge >= 0.3 is 0 Å². The average Bonchev–Trinajstić information content (AvgIpc) is 2.51. The van der Waals surface area contributed by atoms with Crippen molar-refractivity contribution in [1.29, 1.82) is 0 Å². The molecule has 0 saturated heterocycles. The lowest BCUT2D eigenvalue weighted by molar-refractivity contribution is -0.132. The standard InChI is InChI=1S/C16H25N3O3.ClH/c1-11(2)15(17)16(21)18-9-14(20)19(3)10-12-7-5-6-8-13(12)22-4;/h5-8,11,15H,9-10,17H2,1-4H3,(H,18,21);1H/t15-;/m0./s1. The molecule has 0 fully saturated rings. The maximum Gasteiger partial charge on any atom is 0.242 e. The van der Waals surface area contributed by atoms with Crippen LogP contribution in [0.4, 0.5) is 0 Å². The molecular formula is C16H26ClN3O3. The van der Waals surface area contributed by atoms with Gasteiger partial charge in [0.2, 0.25) is 11.8 Å². The van der Waals surface area contributed by atoms with Gasteiger partial charge in [-0.1, -0.05) is 32.0 Å². The summed E-state index contributed by atoms with van der Waals surface area (Å²) in [5.41, 5.74) is 6.64. The second kappa shape index (κ2) is 10.1. The molecule has 1 aromatic rings. The van der Waals surface area contributed by atoms with Gasteiger partial charge in [0.15, 0.2) is 0 Å². The Labute approximate surface area is 143 Å². The minimum Gasteiger partial charge on any atom is -0.496 e. The summed E-state index contributed by atoms with van der Waals surface area (Å²) in [6.07, 6.45) is 0. The maximum absolute atomic E-state index is 12.1. The number of methoxy groups -OCH3 is 1. The molecule has 2 amide bonds. The number of nitrogens with one attached hydrogen (secondary N) is 1. The second-order valence-electron chi connectivity index (χ2n) is 5.55. The molecule has 0 unspecified atom stereocenters. The first-order valence-electron chi connectivity index (χ1n) is 7.26. The van der Waals surface area contributed by atoms with E-state index in [1.807, 2.05) is 38.1 Å². The van der Waals surface area contributed by atoms with E-state index in [-0.39, 0.29) is 36.7 Å². The van der Waals surface area contributed by atoms with Crippen LogP contribution in [0.2, 0.25) is 0 Å². The first-order valence-corrected chi connectivity index (χ1v) is 7.26. The predicted octanol–water partition coefficient (Wildman–Crippen LogP) is 1.17. The Hall–Kier alpha value is -1.79. The number of hydrogen-bond donors (Lipinski definition) is 2. The van der Waals surface area contributed by atoms with Crippen LogP contribution in [0.15, 0.2) is 24.3 Å². The maximum atomic E-state index is 12.1. The fraction of sp³-hybridized carbons (Fsp3) is 0.500. The van der Waals surface area contributed by atoms with E-state index >= 15 is 0 Å². The van der Waals surface area contributed by atoms with Crippen molar-refractivity contribution < 1.29 is 14.3 Å². The number of carbonyl (C=O) groups is 2. The Kier molecular flexibility index (Phi) is 9.29. The molecule has 0 aliphatic rings. The largest absolute Gasteiger partial charge is 0.496 e. The fourth-order valence-corrected chi connectivity index (χ4v) is 1.90. The van der Waals surface area contributed by atoms with Gasteiger partial charge in [0, 0.05) is 19.2 Å². The van der Waals surface area contributed by atoms with Crippen molar-refractivity contribution in [2.45, 2.75) is 26.4 Å². The number of likely N-dealkylation sites (N-methyl/N-ethyl adjacent to an activating group) is 1. The van der Waals surface area contributed by atoms with Crippen molar-refractivity contribution in [3.8, 4) is 5.75 Å². The minimum absolute atomic E-state index is 0. The molecule has 6 nitrogen and oxygen atoms in total. The second-order valence-corrected chi connectivity index (χ2v) is 5.55. The Balaban J connectivity index is 0.00000484. The third-order valence-electron chi connectivity index (χ3n) is 3.46. The van der Waals surface area contributed by atoms with Gasteiger partial charge in [-0.05, 0) is 12.0 Å². The molecule has 1 rings (SSSR count). The Morgan fingerprint density at radius 2 is 1.91 bits per heavy atom. The van der Waals surface area contributed by atoms with Crippen molar-refractivity contribution in [2.75, 3.05) is 20.7 Å².